The molecule has 0 saturated heterocycles. The number of carbonyl (C=O) groups is 3. The molecule has 0 radical (unpaired) electrons. The lowest BCUT2D eigenvalue weighted by atomic mass is 10.0. The van der Waals surface area contributed by atoms with Gasteiger partial charge in [-0.1, -0.05) is 323 Å². The molecule has 0 fully saturated rings. The van der Waals surface area contributed by atoms with E-state index < -0.39 is 6.10 Å². The number of rotatable bonds is 61. The Morgan fingerprint density at radius 3 is 0.762 bits per heavy atom. The molecule has 6 heteroatoms. The van der Waals surface area contributed by atoms with Gasteiger partial charge in [0.1, 0.15) is 13.2 Å². The van der Waals surface area contributed by atoms with Gasteiger partial charge < -0.3 is 14.2 Å². The van der Waals surface area contributed by atoms with Gasteiger partial charge in [-0.05, 0) is 89.9 Å². The maximum Gasteiger partial charge on any atom is 0.306 e. The molecule has 0 aromatic heterocycles. The topological polar surface area (TPSA) is 78.9 Å². The Morgan fingerprint density at radius 1 is 0.263 bits per heavy atom. The molecular formula is C74H126O6. The van der Waals surface area contributed by atoms with Gasteiger partial charge in [-0.3, -0.25) is 14.4 Å². The molecule has 80 heavy (non-hydrogen) atoms. The first-order valence-electron chi connectivity index (χ1n) is 33.9. The van der Waals surface area contributed by atoms with Gasteiger partial charge in [0.15, 0.2) is 6.10 Å². The normalized spacial score (nSPS) is 12.8. The fourth-order valence-electron chi connectivity index (χ4n) is 9.50. The minimum Gasteiger partial charge on any atom is -0.462 e. The Kier molecular flexibility index (Phi) is 64.3. The van der Waals surface area contributed by atoms with Crippen molar-refractivity contribution in [1.82, 2.24) is 0 Å². The third-order valence-corrected chi connectivity index (χ3v) is 14.5. The summed E-state index contributed by atoms with van der Waals surface area (Å²) in [5.74, 6) is -0.916. The number of unbranched alkanes of at least 4 members (excludes halogenated alkanes) is 32. The fourth-order valence-corrected chi connectivity index (χ4v) is 9.50. The molecule has 0 spiro atoms. The smallest absolute Gasteiger partial charge is 0.306 e. The van der Waals surface area contributed by atoms with Gasteiger partial charge in [-0.15, -0.1) is 0 Å². The van der Waals surface area contributed by atoms with Crippen LogP contribution in [0.15, 0.2) is 109 Å². The van der Waals surface area contributed by atoms with Crippen LogP contribution in [0.5, 0.6) is 0 Å². The first-order chi connectivity index (χ1) is 39.5. The molecule has 458 valence electrons. The number of esters is 3. The lowest BCUT2D eigenvalue weighted by Crippen LogP contribution is -2.30. The van der Waals surface area contributed by atoms with Crippen molar-refractivity contribution in [3.63, 3.8) is 0 Å². The van der Waals surface area contributed by atoms with Gasteiger partial charge in [-0.25, -0.2) is 0 Å². The van der Waals surface area contributed by atoms with Crippen molar-refractivity contribution < 1.29 is 28.6 Å². The van der Waals surface area contributed by atoms with E-state index in [9.17, 15) is 14.4 Å². The largest absolute Gasteiger partial charge is 0.462 e. The van der Waals surface area contributed by atoms with Gasteiger partial charge in [0.2, 0.25) is 0 Å². The third-order valence-electron chi connectivity index (χ3n) is 14.5. The summed E-state index contributed by atoms with van der Waals surface area (Å²) in [4.78, 5) is 38.1. The quantitative estimate of drug-likeness (QED) is 0.0261. The van der Waals surface area contributed by atoms with E-state index in [0.29, 0.717) is 19.3 Å². The zero-order valence-electron chi connectivity index (χ0n) is 52.6. The van der Waals surface area contributed by atoms with Gasteiger partial charge in [0.05, 0.1) is 0 Å². The Labute approximate surface area is 495 Å². The highest BCUT2D eigenvalue weighted by Crippen LogP contribution is 2.17. The van der Waals surface area contributed by atoms with Gasteiger partial charge >= 0.3 is 17.9 Å². The fraction of sp³-hybridized carbons (Fsp3) is 0.716. The van der Waals surface area contributed by atoms with Crippen LogP contribution in [-0.4, -0.2) is 37.2 Å². The van der Waals surface area contributed by atoms with Crippen molar-refractivity contribution in [2.75, 3.05) is 13.2 Å². The molecule has 1 unspecified atom stereocenters. The van der Waals surface area contributed by atoms with Crippen molar-refractivity contribution in [2.24, 2.45) is 0 Å². The maximum absolute atomic E-state index is 12.9. The molecule has 0 bridgehead atoms. The standard InChI is InChI=1S/C74H126O6/c1-4-7-10-13-16-18-20-22-24-26-28-30-32-34-35-36-37-38-39-40-42-43-45-47-49-51-53-55-58-61-64-67-73(76)79-70-71(69-78-72(75)66-63-60-57-15-12-9-6-3)80-74(77)68-65-62-59-56-54-52-50-48-46-44-41-33-31-29-27-25-23-21-19-17-14-11-8-5-2/h7,10,16,18,22,24,28,30,34-35,37-38,40,42,45,47,51,53,71H,4-6,8-9,11-15,17,19-21,23,25-27,29,31-33,36,39,41,43-44,46,48-50,52,54-70H2,1-3H3/b10-7-,18-16-,24-22-,30-28-,35-34-,38-37-,42-40-,47-45-,53-51-. The first kappa shape index (κ1) is 76.1. The van der Waals surface area contributed by atoms with Gasteiger partial charge in [0, 0.05) is 19.3 Å². The minimum absolute atomic E-state index is 0.0862. The average molecular weight is 1110 g/mol. The molecule has 0 aromatic carbocycles. The van der Waals surface area contributed by atoms with Crippen LogP contribution in [0.3, 0.4) is 0 Å². The SMILES string of the molecule is CC/C=C\C/C=C\C/C=C\C/C=C\C/C=C\C/C=C\C/C=C\C/C=C\C/C=C\CCCCCC(=O)OCC(COC(=O)CCCCCCCCC)OC(=O)CCCCCCCCCCCCCCCCCCCCCCCCCC. The molecule has 0 aliphatic heterocycles. The molecule has 0 heterocycles. The highest BCUT2D eigenvalue weighted by atomic mass is 16.6. The van der Waals surface area contributed by atoms with E-state index in [1.165, 1.54) is 161 Å². The van der Waals surface area contributed by atoms with Gasteiger partial charge in [-0.2, -0.15) is 0 Å². The lowest BCUT2D eigenvalue weighted by molar-refractivity contribution is -0.167. The Hall–Kier alpha value is -3.93. The summed E-state index contributed by atoms with van der Waals surface area (Å²) < 4.78 is 16.8. The van der Waals surface area contributed by atoms with E-state index in [1.54, 1.807) is 0 Å². The highest BCUT2D eigenvalue weighted by Gasteiger charge is 2.19. The summed E-state index contributed by atoms with van der Waals surface area (Å²) in [5.41, 5.74) is 0. The summed E-state index contributed by atoms with van der Waals surface area (Å²) >= 11 is 0. The molecule has 0 saturated carbocycles. The zero-order chi connectivity index (χ0) is 57.8. The van der Waals surface area contributed by atoms with Crippen molar-refractivity contribution in [2.45, 2.75) is 329 Å². The second-order valence-corrected chi connectivity index (χ2v) is 22.4. The summed E-state index contributed by atoms with van der Waals surface area (Å²) in [6.07, 6.45) is 92.8. The van der Waals surface area contributed by atoms with Crippen LogP contribution in [0.2, 0.25) is 0 Å². The van der Waals surface area contributed by atoms with Crippen molar-refractivity contribution >= 4 is 17.9 Å². The third kappa shape index (κ3) is 64.9. The second-order valence-electron chi connectivity index (χ2n) is 22.4. The van der Waals surface area contributed by atoms with Crippen LogP contribution in [0.1, 0.15) is 323 Å². The molecule has 1 atom stereocenters. The number of hydrogen-bond donors (Lipinski definition) is 0. The molecule has 0 aliphatic carbocycles. The Morgan fingerprint density at radius 2 is 0.487 bits per heavy atom. The molecule has 0 N–H and O–H groups in total. The van der Waals surface area contributed by atoms with Crippen LogP contribution in [0, 0.1) is 0 Å². The summed E-state index contributed by atoms with van der Waals surface area (Å²) in [5, 5.41) is 0. The van der Waals surface area contributed by atoms with E-state index in [0.717, 1.165) is 122 Å². The van der Waals surface area contributed by atoms with Crippen LogP contribution in [0.25, 0.3) is 0 Å². The molecule has 0 aliphatic rings. The predicted molar refractivity (Wildman–Crippen MR) is 348 cm³/mol. The summed E-state index contributed by atoms with van der Waals surface area (Å²) in [6.45, 7) is 6.49. The average Bonchev–Trinajstić information content (AvgIpc) is 3.46. The highest BCUT2D eigenvalue weighted by molar-refractivity contribution is 5.71. The first-order valence-corrected chi connectivity index (χ1v) is 33.9. The van der Waals surface area contributed by atoms with Crippen LogP contribution in [0.4, 0.5) is 0 Å². The monoisotopic (exact) mass is 1110 g/mol. The van der Waals surface area contributed by atoms with E-state index in [4.69, 9.17) is 14.2 Å². The van der Waals surface area contributed by atoms with Crippen molar-refractivity contribution in [3.8, 4) is 0 Å². The van der Waals surface area contributed by atoms with Crippen LogP contribution >= 0.6 is 0 Å². The molecule has 6 nitrogen and oxygen atoms in total. The van der Waals surface area contributed by atoms with Crippen LogP contribution in [-0.2, 0) is 28.6 Å². The Balaban J connectivity index is 4.19. The lowest BCUT2D eigenvalue weighted by Gasteiger charge is -2.18. The summed E-state index contributed by atoms with van der Waals surface area (Å²) in [6, 6.07) is 0. The van der Waals surface area contributed by atoms with E-state index >= 15 is 0 Å². The molecule has 0 rings (SSSR count). The number of carbonyl (C=O) groups excluding carboxylic acids is 3. The molecular weight excluding hydrogens is 985 g/mol. The van der Waals surface area contributed by atoms with E-state index in [1.807, 2.05) is 0 Å². The van der Waals surface area contributed by atoms with Crippen molar-refractivity contribution in [1.29, 1.82) is 0 Å². The maximum atomic E-state index is 12.9. The van der Waals surface area contributed by atoms with E-state index in [-0.39, 0.29) is 31.1 Å². The Bertz CT molecular complexity index is 1610. The van der Waals surface area contributed by atoms with Crippen LogP contribution < -0.4 is 0 Å². The number of ether oxygens (including phenoxy) is 3. The minimum atomic E-state index is -0.789. The molecule has 0 aromatic rings. The van der Waals surface area contributed by atoms with Gasteiger partial charge in [0.25, 0.3) is 0 Å². The number of allylic oxidation sites excluding steroid dienone is 18. The predicted octanol–water partition coefficient (Wildman–Crippen LogP) is 23.4. The van der Waals surface area contributed by atoms with E-state index in [2.05, 4.69) is 130 Å². The van der Waals surface area contributed by atoms with Crippen molar-refractivity contribution in [3.05, 3.63) is 109 Å². The zero-order valence-corrected chi connectivity index (χ0v) is 52.6. The second kappa shape index (κ2) is 67.6. The number of hydrogen-bond acceptors (Lipinski definition) is 6. The summed E-state index contributed by atoms with van der Waals surface area (Å²) in [7, 11) is 0. The molecule has 0 amide bonds.